The number of esters is 1. The SMILES string of the molecule is COCC(=O)Nc1c(C(=O)OC)n(CCc2ccc(OC)cc2)c2ncc(NCc3nccs3)cc12. The van der Waals surface area contributed by atoms with E-state index in [1.54, 1.807) is 35.4 Å². The van der Waals surface area contributed by atoms with Gasteiger partial charge in [-0.3, -0.25) is 4.79 Å². The van der Waals surface area contributed by atoms with Crippen LogP contribution in [0.3, 0.4) is 0 Å². The molecule has 1 aromatic carbocycles. The van der Waals surface area contributed by atoms with Crippen molar-refractivity contribution in [2.24, 2.45) is 0 Å². The second kappa shape index (κ2) is 11.6. The lowest BCUT2D eigenvalue weighted by Gasteiger charge is -2.11. The first-order valence-corrected chi connectivity index (χ1v) is 12.1. The smallest absolute Gasteiger partial charge is 0.356 e. The van der Waals surface area contributed by atoms with E-state index < -0.39 is 11.9 Å². The highest BCUT2D eigenvalue weighted by molar-refractivity contribution is 7.09. The second-order valence-corrected chi connectivity index (χ2v) is 8.80. The van der Waals surface area contributed by atoms with Gasteiger partial charge in [-0.05, 0) is 30.2 Å². The number of amides is 1. The molecule has 10 nitrogen and oxygen atoms in total. The van der Waals surface area contributed by atoms with E-state index in [1.165, 1.54) is 14.2 Å². The molecule has 4 aromatic rings. The number of pyridine rings is 1. The molecule has 1 amide bonds. The fourth-order valence-electron chi connectivity index (χ4n) is 3.83. The van der Waals surface area contributed by atoms with Crippen molar-refractivity contribution in [2.75, 3.05) is 38.6 Å². The lowest BCUT2D eigenvalue weighted by Crippen LogP contribution is -2.20. The van der Waals surface area contributed by atoms with E-state index in [0.717, 1.165) is 22.0 Å². The highest BCUT2D eigenvalue weighted by Gasteiger charge is 2.26. The largest absolute Gasteiger partial charge is 0.497 e. The monoisotopic (exact) mass is 509 g/mol. The number of benzene rings is 1. The summed E-state index contributed by atoms with van der Waals surface area (Å²) in [6, 6.07) is 9.57. The van der Waals surface area contributed by atoms with Crippen molar-refractivity contribution in [1.82, 2.24) is 14.5 Å². The predicted molar refractivity (Wildman–Crippen MR) is 138 cm³/mol. The Kier molecular flexibility index (Phi) is 8.13. The summed E-state index contributed by atoms with van der Waals surface area (Å²) in [7, 11) is 4.36. The van der Waals surface area contributed by atoms with Gasteiger partial charge in [-0.1, -0.05) is 12.1 Å². The number of carbonyl (C=O) groups is 2. The van der Waals surface area contributed by atoms with Gasteiger partial charge >= 0.3 is 5.97 Å². The molecule has 0 saturated carbocycles. The highest BCUT2D eigenvalue weighted by Crippen LogP contribution is 2.33. The molecule has 36 heavy (non-hydrogen) atoms. The number of fused-ring (bicyclic) bond motifs is 1. The molecule has 0 aliphatic carbocycles. The normalized spacial score (nSPS) is 10.9. The Labute approximate surface area is 212 Å². The van der Waals surface area contributed by atoms with Crippen LogP contribution in [0.4, 0.5) is 11.4 Å². The van der Waals surface area contributed by atoms with Gasteiger partial charge in [-0.2, -0.15) is 0 Å². The molecular weight excluding hydrogens is 482 g/mol. The number of nitrogens with one attached hydrogen (secondary N) is 2. The van der Waals surface area contributed by atoms with Crippen molar-refractivity contribution in [1.29, 1.82) is 0 Å². The number of hydrogen-bond donors (Lipinski definition) is 2. The van der Waals surface area contributed by atoms with Crippen molar-refractivity contribution in [3.8, 4) is 5.75 Å². The third-order valence-corrected chi connectivity index (χ3v) is 6.31. The minimum absolute atomic E-state index is 0.158. The molecular formula is C25H27N5O5S. The van der Waals surface area contributed by atoms with Crippen LogP contribution in [0.25, 0.3) is 11.0 Å². The zero-order chi connectivity index (χ0) is 25.5. The Balaban J connectivity index is 1.74. The maximum absolute atomic E-state index is 12.9. The molecule has 3 heterocycles. The Morgan fingerprint density at radius 3 is 2.58 bits per heavy atom. The van der Waals surface area contributed by atoms with Crippen molar-refractivity contribution in [3.63, 3.8) is 0 Å². The van der Waals surface area contributed by atoms with Gasteiger partial charge in [0.25, 0.3) is 0 Å². The van der Waals surface area contributed by atoms with Gasteiger partial charge in [0.05, 0.1) is 38.3 Å². The van der Waals surface area contributed by atoms with Gasteiger partial charge in [0.2, 0.25) is 5.91 Å². The first-order valence-electron chi connectivity index (χ1n) is 11.2. The zero-order valence-electron chi connectivity index (χ0n) is 20.2. The molecule has 0 bridgehead atoms. The molecule has 2 N–H and O–H groups in total. The van der Waals surface area contributed by atoms with Crippen LogP contribution in [0.5, 0.6) is 5.75 Å². The average Bonchev–Trinajstić information content (AvgIpc) is 3.52. The van der Waals surface area contributed by atoms with Crippen LogP contribution in [0.15, 0.2) is 48.1 Å². The van der Waals surface area contributed by atoms with E-state index in [2.05, 4.69) is 20.6 Å². The molecule has 4 rings (SSSR count). The van der Waals surface area contributed by atoms with Crippen molar-refractivity contribution in [3.05, 3.63) is 64.4 Å². The fourth-order valence-corrected chi connectivity index (χ4v) is 4.39. The highest BCUT2D eigenvalue weighted by atomic mass is 32.1. The van der Waals surface area contributed by atoms with Gasteiger partial charge in [-0.25, -0.2) is 14.8 Å². The number of thiazole rings is 1. The first kappa shape index (κ1) is 25.1. The summed E-state index contributed by atoms with van der Waals surface area (Å²) in [6.45, 7) is 0.805. The second-order valence-electron chi connectivity index (χ2n) is 7.82. The number of rotatable bonds is 11. The molecule has 188 valence electrons. The van der Waals surface area contributed by atoms with Crippen LogP contribution in [0.1, 0.15) is 21.1 Å². The van der Waals surface area contributed by atoms with Crippen LogP contribution in [0.2, 0.25) is 0 Å². The lowest BCUT2D eigenvalue weighted by atomic mass is 10.1. The van der Waals surface area contributed by atoms with E-state index in [4.69, 9.17) is 14.2 Å². The van der Waals surface area contributed by atoms with Crippen molar-refractivity contribution < 1.29 is 23.8 Å². The molecule has 0 aliphatic heterocycles. The van der Waals surface area contributed by atoms with E-state index in [1.807, 2.05) is 35.7 Å². The zero-order valence-corrected chi connectivity index (χ0v) is 21.1. The number of hydrogen-bond acceptors (Lipinski definition) is 9. The van der Waals surface area contributed by atoms with Crippen molar-refractivity contribution >= 4 is 45.6 Å². The Morgan fingerprint density at radius 1 is 1.11 bits per heavy atom. The van der Waals surface area contributed by atoms with Gasteiger partial charge < -0.3 is 29.4 Å². The molecule has 0 aliphatic rings. The lowest BCUT2D eigenvalue weighted by molar-refractivity contribution is -0.119. The number of nitrogens with zero attached hydrogens (tertiary/aromatic N) is 3. The van der Waals surface area contributed by atoms with E-state index in [0.29, 0.717) is 36.2 Å². The summed E-state index contributed by atoms with van der Waals surface area (Å²) < 4.78 is 17.1. The number of ether oxygens (including phenoxy) is 3. The molecule has 3 aromatic heterocycles. The van der Waals surface area contributed by atoms with E-state index in [-0.39, 0.29) is 12.3 Å². The number of methoxy groups -OCH3 is 3. The fraction of sp³-hybridized carbons (Fsp3) is 0.280. The van der Waals surface area contributed by atoms with Gasteiger partial charge in [0.1, 0.15) is 23.0 Å². The van der Waals surface area contributed by atoms with Crippen LogP contribution < -0.4 is 15.4 Å². The summed E-state index contributed by atoms with van der Waals surface area (Å²) in [5.41, 5.74) is 2.88. The number of anilines is 2. The molecule has 0 saturated heterocycles. The maximum Gasteiger partial charge on any atom is 0.356 e. The van der Waals surface area contributed by atoms with Crippen LogP contribution in [-0.4, -0.2) is 54.3 Å². The summed E-state index contributed by atoms with van der Waals surface area (Å²) in [5, 5.41) is 9.56. The summed E-state index contributed by atoms with van der Waals surface area (Å²) in [5.74, 6) is -0.200. The summed E-state index contributed by atoms with van der Waals surface area (Å²) >= 11 is 1.54. The Morgan fingerprint density at radius 2 is 1.92 bits per heavy atom. The number of carbonyl (C=O) groups excluding carboxylic acids is 2. The molecule has 11 heteroatoms. The quantitative estimate of drug-likeness (QED) is 0.294. The van der Waals surface area contributed by atoms with Gasteiger partial charge in [0, 0.05) is 30.6 Å². The molecule has 0 fully saturated rings. The van der Waals surface area contributed by atoms with Gasteiger partial charge in [-0.15, -0.1) is 11.3 Å². The third-order valence-electron chi connectivity index (χ3n) is 5.53. The summed E-state index contributed by atoms with van der Waals surface area (Å²) in [6.07, 6.45) is 4.06. The first-order chi connectivity index (χ1) is 17.5. The van der Waals surface area contributed by atoms with Gasteiger partial charge in [0.15, 0.2) is 5.69 Å². The van der Waals surface area contributed by atoms with Crippen LogP contribution >= 0.6 is 11.3 Å². The van der Waals surface area contributed by atoms with E-state index >= 15 is 0 Å². The topological polar surface area (TPSA) is 117 Å². The Bertz CT molecular complexity index is 1340. The minimum Gasteiger partial charge on any atom is -0.497 e. The van der Waals surface area contributed by atoms with Crippen LogP contribution in [-0.2, 0) is 33.8 Å². The minimum atomic E-state index is -0.576. The van der Waals surface area contributed by atoms with E-state index in [9.17, 15) is 9.59 Å². The van der Waals surface area contributed by atoms with Crippen molar-refractivity contribution in [2.45, 2.75) is 19.5 Å². The maximum atomic E-state index is 12.9. The Hall–Kier alpha value is -3.96. The predicted octanol–water partition coefficient (Wildman–Crippen LogP) is 3.73. The number of aryl methyl sites for hydroxylation is 2. The summed E-state index contributed by atoms with van der Waals surface area (Å²) in [4.78, 5) is 34.3. The number of aromatic nitrogens is 3. The standard InChI is InChI=1S/C25H27N5O5S/c1-33-15-20(31)29-22-19-12-17(27-14-21-26-9-11-36-21)13-28-24(19)30(23(22)25(32)35-3)10-8-16-4-6-18(34-2)7-5-16/h4-7,9,11-13,27H,8,10,14-15H2,1-3H3,(H,29,31). The average molecular weight is 510 g/mol. The third kappa shape index (κ3) is 5.64. The molecule has 0 radical (unpaired) electrons. The molecule has 0 atom stereocenters. The molecule has 0 unspecified atom stereocenters. The van der Waals surface area contributed by atoms with Crippen LogP contribution in [0, 0.1) is 0 Å². The molecule has 0 spiro atoms.